The molecule has 0 saturated heterocycles. The molecular formula is C8H19NO2S. The zero-order valence-electron chi connectivity index (χ0n) is 8.29. The molecule has 0 aliphatic heterocycles. The monoisotopic (exact) mass is 193 g/mol. The molecule has 3 nitrogen and oxygen atoms in total. The molecule has 0 aromatic carbocycles. The van der Waals surface area contributed by atoms with Crippen LogP contribution in [0.15, 0.2) is 0 Å². The van der Waals surface area contributed by atoms with Crippen molar-refractivity contribution in [2.24, 2.45) is 5.73 Å². The van der Waals surface area contributed by atoms with Crippen LogP contribution >= 0.6 is 0 Å². The summed E-state index contributed by atoms with van der Waals surface area (Å²) in [6.45, 7) is 5.66. The van der Waals surface area contributed by atoms with Crippen LogP contribution in [0.2, 0.25) is 0 Å². The summed E-state index contributed by atoms with van der Waals surface area (Å²) in [5.41, 5.74) is 5.37. The molecule has 74 valence electrons. The van der Waals surface area contributed by atoms with E-state index >= 15 is 0 Å². The van der Waals surface area contributed by atoms with Crippen LogP contribution in [0, 0.1) is 0 Å². The molecule has 4 heteroatoms. The highest BCUT2D eigenvalue weighted by Gasteiger charge is 2.16. The molecule has 0 radical (unpaired) electrons. The van der Waals surface area contributed by atoms with Crippen molar-refractivity contribution in [3.8, 4) is 0 Å². The number of nitrogens with two attached hydrogens (primary N) is 1. The predicted octanol–water partition coefficient (Wildman–Crippen LogP) is 0.507. The summed E-state index contributed by atoms with van der Waals surface area (Å²) in [5, 5.41) is 0. The van der Waals surface area contributed by atoms with Gasteiger partial charge in [-0.25, -0.2) is 0 Å². The topological polar surface area (TPSA) is 52.3 Å². The van der Waals surface area contributed by atoms with Crippen LogP contribution in [-0.2, 0) is 15.5 Å². The molecule has 2 atom stereocenters. The quantitative estimate of drug-likeness (QED) is 0.692. The van der Waals surface area contributed by atoms with Gasteiger partial charge < -0.3 is 10.5 Å². The fourth-order valence-electron chi connectivity index (χ4n) is 0.804. The Labute approximate surface area is 77.1 Å². The molecule has 0 heterocycles. The maximum Gasteiger partial charge on any atom is 0.0658 e. The summed E-state index contributed by atoms with van der Waals surface area (Å²) < 4.78 is 16.4. The van der Waals surface area contributed by atoms with Crippen molar-refractivity contribution < 1.29 is 8.95 Å². The highest BCUT2D eigenvalue weighted by molar-refractivity contribution is 7.85. The van der Waals surface area contributed by atoms with Crippen LogP contribution in [0.3, 0.4) is 0 Å². The van der Waals surface area contributed by atoms with E-state index in [0.29, 0.717) is 11.5 Å². The van der Waals surface area contributed by atoms with Crippen LogP contribution < -0.4 is 5.73 Å². The van der Waals surface area contributed by atoms with Gasteiger partial charge in [-0.2, -0.15) is 0 Å². The lowest BCUT2D eigenvalue weighted by molar-refractivity contribution is 0.137. The fraction of sp³-hybridized carbons (Fsp3) is 1.00. The Hall–Kier alpha value is 0.0700. The normalized spacial score (nSPS) is 17.4. The summed E-state index contributed by atoms with van der Waals surface area (Å²) in [6, 6.07) is 0. The zero-order valence-corrected chi connectivity index (χ0v) is 9.11. The highest BCUT2D eigenvalue weighted by atomic mass is 32.2. The molecule has 0 amide bonds. The van der Waals surface area contributed by atoms with Crippen molar-refractivity contribution >= 4 is 10.8 Å². The van der Waals surface area contributed by atoms with Crippen LogP contribution in [0.5, 0.6) is 0 Å². The molecule has 12 heavy (non-hydrogen) atoms. The lowest BCUT2D eigenvalue weighted by Gasteiger charge is -2.18. The predicted molar refractivity (Wildman–Crippen MR) is 52.6 cm³/mol. The van der Waals surface area contributed by atoms with Crippen LogP contribution in [0.25, 0.3) is 0 Å². The lowest BCUT2D eigenvalue weighted by Crippen LogP contribution is -2.39. The van der Waals surface area contributed by atoms with Gasteiger partial charge in [0, 0.05) is 35.0 Å². The molecule has 0 spiro atoms. The molecule has 0 rings (SSSR count). The van der Waals surface area contributed by atoms with E-state index in [9.17, 15) is 4.21 Å². The summed E-state index contributed by atoms with van der Waals surface area (Å²) in [6.07, 6.45) is 0.0492. The minimum atomic E-state index is -0.869. The molecule has 0 fully saturated rings. The van der Waals surface area contributed by atoms with Gasteiger partial charge in [-0.1, -0.05) is 0 Å². The Kier molecular flexibility index (Phi) is 4.97. The van der Waals surface area contributed by atoms with E-state index in [0.717, 1.165) is 0 Å². The zero-order chi connectivity index (χ0) is 9.78. The number of hydrogen-bond acceptors (Lipinski definition) is 3. The van der Waals surface area contributed by atoms with Gasteiger partial charge in [0.2, 0.25) is 0 Å². The molecule has 0 saturated carbocycles. The molecule has 0 aromatic rings. The Balaban J connectivity index is 3.75. The molecule has 2 unspecified atom stereocenters. The van der Waals surface area contributed by atoms with Gasteiger partial charge in [-0.05, 0) is 20.8 Å². The van der Waals surface area contributed by atoms with Gasteiger partial charge in [0.1, 0.15) is 0 Å². The third-order valence-corrected chi connectivity index (χ3v) is 3.26. The maximum atomic E-state index is 11.4. The van der Waals surface area contributed by atoms with Gasteiger partial charge in [0.05, 0.1) is 6.10 Å². The minimum absolute atomic E-state index is 0.0492. The van der Waals surface area contributed by atoms with E-state index in [2.05, 4.69) is 0 Å². The first-order valence-electron chi connectivity index (χ1n) is 4.02. The van der Waals surface area contributed by atoms with Crippen molar-refractivity contribution in [2.45, 2.75) is 32.4 Å². The first-order valence-corrected chi connectivity index (χ1v) is 5.50. The van der Waals surface area contributed by atoms with Crippen molar-refractivity contribution in [1.82, 2.24) is 0 Å². The number of methoxy groups -OCH3 is 1. The number of ether oxygens (including phenoxy) is 1. The van der Waals surface area contributed by atoms with Crippen molar-refractivity contribution in [1.29, 1.82) is 0 Å². The third-order valence-electron chi connectivity index (χ3n) is 1.36. The van der Waals surface area contributed by atoms with Crippen molar-refractivity contribution in [3.63, 3.8) is 0 Å². The Morgan fingerprint density at radius 1 is 1.58 bits per heavy atom. The minimum Gasteiger partial charge on any atom is -0.381 e. The van der Waals surface area contributed by atoms with E-state index in [-0.39, 0.29) is 11.6 Å². The number of rotatable bonds is 5. The second-order valence-electron chi connectivity index (χ2n) is 3.79. The van der Waals surface area contributed by atoms with E-state index in [1.165, 1.54) is 0 Å². The maximum absolute atomic E-state index is 11.4. The van der Waals surface area contributed by atoms with Gasteiger partial charge in [0.25, 0.3) is 0 Å². The molecule has 0 bridgehead atoms. The average molecular weight is 193 g/mol. The van der Waals surface area contributed by atoms with E-state index in [1.54, 1.807) is 7.11 Å². The smallest absolute Gasteiger partial charge is 0.0658 e. The van der Waals surface area contributed by atoms with Gasteiger partial charge >= 0.3 is 0 Å². The molecule has 0 aliphatic rings. The summed E-state index contributed by atoms with van der Waals surface area (Å²) in [5.74, 6) is 1.10. The molecule has 2 N–H and O–H groups in total. The Morgan fingerprint density at radius 2 is 2.08 bits per heavy atom. The highest BCUT2D eigenvalue weighted by Crippen LogP contribution is 2.02. The van der Waals surface area contributed by atoms with Crippen LogP contribution in [0.1, 0.15) is 20.8 Å². The van der Waals surface area contributed by atoms with E-state index < -0.39 is 10.8 Å². The summed E-state index contributed by atoms with van der Waals surface area (Å²) in [4.78, 5) is 0. The van der Waals surface area contributed by atoms with Gasteiger partial charge in [-0.15, -0.1) is 0 Å². The van der Waals surface area contributed by atoms with E-state index in [4.69, 9.17) is 10.5 Å². The lowest BCUT2D eigenvalue weighted by atomic mass is 10.1. The van der Waals surface area contributed by atoms with Gasteiger partial charge in [0.15, 0.2) is 0 Å². The second-order valence-corrected chi connectivity index (χ2v) is 5.29. The largest absolute Gasteiger partial charge is 0.381 e. The number of hydrogen-bond donors (Lipinski definition) is 1. The standard InChI is InChI=1S/C8H19NO2S/c1-7(11-4)5-12(10)6-8(2,3)9/h7H,5-6,9H2,1-4H3. The SMILES string of the molecule is COC(C)CS(=O)CC(C)(C)N. The molecule has 0 aromatic heterocycles. The van der Waals surface area contributed by atoms with Crippen LogP contribution in [0.4, 0.5) is 0 Å². The van der Waals surface area contributed by atoms with Gasteiger partial charge in [-0.3, -0.25) is 4.21 Å². The molecular weight excluding hydrogens is 174 g/mol. The Bertz CT molecular complexity index is 154. The first-order chi connectivity index (χ1) is 5.35. The second kappa shape index (κ2) is 4.94. The van der Waals surface area contributed by atoms with Crippen molar-refractivity contribution in [2.75, 3.05) is 18.6 Å². The van der Waals surface area contributed by atoms with Crippen molar-refractivity contribution in [3.05, 3.63) is 0 Å². The fourth-order valence-corrected chi connectivity index (χ4v) is 2.41. The molecule has 0 aliphatic carbocycles. The summed E-state index contributed by atoms with van der Waals surface area (Å²) in [7, 11) is 0.751. The average Bonchev–Trinajstić information content (AvgIpc) is 1.82. The Morgan fingerprint density at radius 3 is 2.42 bits per heavy atom. The first kappa shape index (κ1) is 12.1. The van der Waals surface area contributed by atoms with Crippen LogP contribution in [-0.4, -0.2) is 34.5 Å². The third kappa shape index (κ3) is 6.76. The summed E-state index contributed by atoms with van der Waals surface area (Å²) >= 11 is 0. The van der Waals surface area contributed by atoms with E-state index in [1.807, 2.05) is 20.8 Å².